The third-order valence-corrected chi connectivity index (χ3v) is 5.48. The van der Waals surface area contributed by atoms with Crippen LogP contribution in [0.5, 0.6) is 5.88 Å². The van der Waals surface area contributed by atoms with Crippen LogP contribution in [0.1, 0.15) is 24.0 Å². The quantitative estimate of drug-likeness (QED) is 0.812. The Bertz CT molecular complexity index is 721. The summed E-state index contributed by atoms with van der Waals surface area (Å²) in [4.78, 5) is 9.43. The molecule has 0 spiro atoms. The highest BCUT2D eigenvalue weighted by Gasteiger charge is 2.18. The first-order valence-electron chi connectivity index (χ1n) is 9.99. The summed E-state index contributed by atoms with van der Waals surface area (Å²) in [6.07, 6.45) is 4.97. The molecule has 0 N–H and O–H groups in total. The molecule has 2 aromatic rings. The van der Waals surface area contributed by atoms with E-state index in [0.717, 1.165) is 64.5 Å². The fraction of sp³-hybridized carbons (Fsp3) is 0.500. The molecular formula is C22H29N3O2. The number of piperazine rings is 1. The number of hydrogen-bond acceptors (Lipinski definition) is 5. The van der Waals surface area contributed by atoms with Gasteiger partial charge < -0.3 is 19.3 Å². The van der Waals surface area contributed by atoms with Gasteiger partial charge in [0, 0.05) is 63.4 Å². The van der Waals surface area contributed by atoms with Gasteiger partial charge in [-0.15, -0.1) is 0 Å². The molecule has 2 saturated heterocycles. The van der Waals surface area contributed by atoms with Crippen molar-refractivity contribution in [1.29, 1.82) is 0 Å². The highest BCUT2D eigenvalue weighted by atomic mass is 16.5. The van der Waals surface area contributed by atoms with Crippen LogP contribution in [-0.4, -0.2) is 62.4 Å². The second-order valence-electron chi connectivity index (χ2n) is 7.53. The van der Waals surface area contributed by atoms with Crippen LogP contribution in [0.2, 0.25) is 0 Å². The normalized spacial score (nSPS) is 19.2. The number of rotatable bonds is 5. The second kappa shape index (κ2) is 8.72. The summed E-state index contributed by atoms with van der Waals surface area (Å²) >= 11 is 0. The Morgan fingerprint density at radius 3 is 2.56 bits per heavy atom. The molecule has 2 aliphatic rings. The van der Waals surface area contributed by atoms with Crippen molar-refractivity contribution in [2.75, 3.05) is 51.3 Å². The Balaban J connectivity index is 1.41. The monoisotopic (exact) mass is 367 g/mol. The number of nitrogens with zero attached hydrogens (tertiary/aromatic N) is 3. The molecule has 1 aromatic carbocycles. The predicted molar refractivity (Wildman–Crippen MR) is 108 cm³/mol. The van der Waals surface area contributed by atoms with Gasteiger partial charge in [0.05, 0.1) is 13.2 Å². The second-order valence-corrected chi connectivity index (χ2v) is 7.53. The van der Waals surface area contributed by atoms with Crippen LogP contribution in [0.3, 0.4) is 0 Å². The Morgan fingerprint density at radius 2 is 1.81 bits per heavy atom. The molecule has 5 nitrogen and oxygen atoms in total. The number of likely N-dealkylation sites (N-methyl/N-ethyl adjacent to an activating group) is 1. The number of ether oxygens (including phenoxy) is 2. The average molecular weight is 367 g/mol. The van der Waals surface area contributed by atoms with Crippen molar-refractivity contribution in [3.05, 3.63) is 53.7 Å². The molecule has 144 valence electrons. The van der Waals surface area contributed by atoms with Crippen LogP contribution in [0.15, 0.2) is 42.6 Å². The molecule has 2 fully saturated rings. The van der Waals surface area contributed by atoms with Gasteiger partial charge in [0.2, 0.25) is 5.88 Å². The molecule has 0 amide bonds. The van der Waals surface area contributed by atoms with Crippen molar-refractivity contribution < 1.29 is 9.47 Å². The largest absolute Gasteiger partial charge is 0.474 e. The summed E-state index contributed by atoms with van der Waals surface area (Å²) in [7, 11) is 2.19. The molecule has 27 heavy (non-hydrogen) atoms. The molecule has 0 saturated carbocycles. The number of anilines is 1. The summed E-state index contributed by atoms with van der Waals surface area (Å²) < 4.78 is 11.4. The number of pyridine rings is 1. The fourth-order valence-electron chi connectivity index (χ4n) is 3.79. The molecule has 3 heterocycles. The van der Waals surface area contributed by atoms with Crippen LogP contribution in [-0.2, 0) is 11.2 Å². The minimum atomic E-state index is 0.232. The van der Waals surface area contributed by atoms with E-state index in [0.29, 0.717) is 0 Å². The van der Waals surface area contributed by atoms with E-state index in [2.05, 4.69) is 52.2 Å². The standard InChI is InChI=1S/C22H29N3O2/c1-24-10-12-25(13-11-24)21-5-3-2-4-19(21)16-18-6-7-22(23-17-18)27-20-8-14-26-15-9-20/h2-7,17,20H,8-16H2,1H3. The summed E-state index contributed by atoms with van der Waals surface area (Å²) in [5.74, 6) is 0.720. The predicted octanol–water partition coefficient (Wildman–Crippen LogP) is 2.98. The smallest absolute Gasteiger partial charge is 0.213 e. The first-order chi connectivity index (χ1) is 13.3. The van der Waals surface area contributed by atoms with Crippen LogP contribution in [0.4, 0.5) is 5.69 Å². The maximum absolute atomic E-state index is 5.99. The lowest BCUT2D eigenvalue weighted by Gasteiger charge is -2.35. The van der Waals surface area contributed by atoms with E-state index >= 15 is 0 Å². The lowest BCUT2D eigenvalue weighted by Crippen LogP contribution is -2.44. The van der Waals surface area contributed by atoms with E-state index in [1.807, 2.05) is 12.3 Å². The minimum Gasteiger partial charge on any atom is -0.474 e. The van der Waals surface area contributed by atoms with Gasteiger partial charge in [-0.3, -0.25) is 0 Å². The number of benzene rings is 1. The molecule has 4 rings (SSSR count). The Morgan fingerprint density at radius 1 is 1.04 bits per heavy atom. The van der Waals surface area contributed by atoms with Crippen molar-refractivity contribution in [1.82, 2.24) is 9.88 Å². The van der Waals surface area contributed by atoms with Crippen LogP contribution >= 0.6 is 0 Å². The first kappa shape index (κ1) is 18.3. The highest BCUT2D eigenvalue weighted by molar-refractivity contribution is 5.55. The average Bonchev–Trinajstić information content (AvgIpc) is 2.71. The Labute approximate surface area is 161 Å². The summed E-state index contributed by atoms with van der Waals surface area (Å²) in [6, 6.07) is 12.9. The highest BCUT2D eigenvalue weighted by Crippen LogP contribution is 2.25. The third-order valence-electron chi connectivity index (χ3n) is 5.48. The molecule has 0 aliphatic carbocycles. The summed E-state index contributed by atoms with van der Waals surface area (Å²) in [5, 5.41) is 0. The summed E-state index contributed by atoms with van der Waals surface area (Å²) in [6.45, 7) is 5.98. The van der Waals surface area contributed by atoms with E-state index in [1.54, 1.807) is 0 Å². The molecule has 2 aliphatic heterocycles. The zero-order valence-electron chi connectivity index (χ0n) is 16.1. The SMILES string of the molecule is CN1CCN(c2ccccc2Cc2ccc(OC3CCOCC3)nc2)CC1. The lowest BCUT2D eigenvalue weighted by molar-refractivity contribution is 0.0237. The van der Waals surface area contributed by atoms with Crippen molar-refractivity contribution in [3.63, 3.8) is 0 Å². The van der Waals surface area contributed by atoms with E-state index in [1.165, 1.54) is 16.8 Å². The lowest BCUT2D eigenvalue weighted by atomic mass is 10.0. The zero-order chi connectivity index (χ0) is 18.5. The minimum absolute atomic E-state index is 0.232. The van der Waals surface area contributed by atoms with Gasteiger partial charge >= 0.3 is 0 Å². The van der Waals surface area contributed by atoms with Crippen LogP contribution in [0, 0.1) is 0 Å². The van der Waals surface area contributed by atoms with Crippen molar-refractivity contribution in [2.24, 2.45) is 0 Å². The molecule has 5 heteroatoms. The van der Waals surface area contributed by atoms with Crippen LogP contribution < -0.4 is 9.64 Å². The van der Waals surface area contributed by atoms with E-state index in [4.69, 9.17) is 9.47 Å². The first-order valence-corrected chi connectivity index (χ1v) is 9.99. The van der Waals surface area contributed by atoms with Gasteiger partial charge in [-0.1, -0.05) is 24.3 Å². The van der Waals surface area contributed by atoms with Gasteiger partial charge in [-0.25, -0.2) is 4.98 Å². The maximum Gasteiger partial charge on any atom is 0.213 e. The van der Waals surface area contributed by atoms with Crippen LogP contribution in [0.25, 0.3) is 0 Å². The zero-order valence-corrected chi connectivity index (χ0v) is 16.1. The third kappa shape index (κ3) is 4.79. The van der Waals surface area contributed by atoms with Crippen molar-refractivity contribution in [2.45, 2.75) is 25.4 Å². The molecule has 1 aromatic heterocycles. The number of aromatic nitrogens is 1. The van der Waals surface area contributed by atoms with Gasteiger partial charge in [0.1, 0.15) is 6.10 Å². The maximum atomic E-state index is 5.99. The molecule has 0 unspecified atom stereocenters. The van der Waals surface area contributed by atoms with Crippen molar-refractivity contribution in [3.8, 4) is 5.88 Å². The van der Waals surface area contributed by atoms with E-state index in [-0.39, 0.29) is 6.10 Å². The Kier molecular flexibility index (Phi) is 5.90. The van der Waals surface area contributed by atoms with Gasteiger partial charge in [-0.2, -0.15) is 0 Å². The molecule has 0 atom stereocenters. The molecule has 0 radical (unpaired) electrons. The topological polar surface area (TPSA) is 37.8 Å². The number of para-hydroxylation sites is 1. The Hall–Kier alpha value is -2.11. The summed E-state index contributed by atoms with van der Waals surface area (Å²) in [5.41, 5.74) is 3.94. The van der Waals surface area contributed by atoms with Gasteiger partial charge in [-0.05, 0) is 24.2 Å². The number of hydrogen-bond donors (Lipinski definition) is 0. The van der Waals surface area contributed by atoms with Gasteiger partial charge in [0.15, 0.2) is 0 Å². The van der Waals surface area contributed by atoms with Crippen molar-refractivity contribution >= 4 is 5.69 Å². The molecular weight excluding hydrogens is 338 g/mol. The fourth-order valence-corrected chi connectivity index (χ4v) is 3.79. The van der Waals surface area contributed by atoms with Gasteiger partial charge in [0.25, 0.3) is 0 Å². The van der Waals surface area contributed by atoms with E-state index < -0.39 is 0 Å². The van der Waals surface area contributed by atoms with E-state index in [9.17, 15) is 0 Å². The molecule has 0 bridgehead atoms.